The van der Waals surface area contributed by atoms with Crippen molar-refractivity contribution in [3.63, 3.8) is 0 Å². The summed E-state index contributed by atoms with van der Waals surface area (Å²) in [5.41, 5.74) is 0. The maximum absolute atomic E-state index is 13.4. The predicted octanol–water partition coefficient (Wildman–Crippen LogP) is 3.68. The van der Waals surface area contributed by atoms with Crippen LogP contribution in [-0.2, 0) is 0 Å². The molecule has 0 aliphatic heterocycles. The number of carbonyl (C=O) groups is 1. The Balaban J connectivity index is 2.27. The lowest BCUT2D eigenvalue weighted by atomic mass is 10.2. The monoisotopic (exact) mass is 313 g/mol. The van der Waals surface area contributed by atoms with Gasteiger partial charge in [0.15, 0.2) is 0 Å². The number of rotatable bonds is 3. The molecule has 0 aliphatic carbocycles. The third-order valence-corrected chi connectivity index (χ3v) is 3.55. The summed E-state index contributed by atoms with van der Waals surface area (Å²) in [5, 5.41) is 3.17. The van der Waals surface area contributed by atoms with Crippen LogP contribution in [0.2, 0.25) is 0 Å². The first kappa shape index (κ1) is 12.3. The molecule has 0 bridgehead atoms. The highest BCUT2D eigenvalue weighted by Gasteiger charge is 2.11. The zero-order valence-corrected chi connectivity index (χ0v) is 11.2. The van der Waals surface area contributed by atoms with Gasteiger partial charge in [-0.05, 0) is 18.2 Å². The van der Waals surface area contributed by atoms with E-state index < -0.39 is 0 Å². The van der Waals surface area contributed by atoms with Crippen LogP contribution in [0.5, 0.6) is 0 Å². The Kier molecular flexibility index (Phi) is 3.59. The van der Waals surface area contributed by atoms with Crippen molar-refractivity contribution in [3.8, 4) is 0 Å². The van der Waals surface area contributed by atoms with Gasteiger partial charge in [-0.1, -0.05) is 28.6 Å². The Morgan fingerprint density at radius 1 is 1.53 bits per heavy atom. The molecule has 2 nitrogen and oxygen atoms in total. The molecule has 1 aromatic heterocycles. The molecule has 0 spiro atoms. The number of hydrogen-bond acceptors (Lipinski definition) is 2. The molecule has 5 heteroatoms. The Hall–Kier alpha value is -1.20. The maximum Gasteiger partial charge on any atom is 0.261 e. The van der Waals surface area contributed by atoms with E-state index in [1.54, 1.807) is 18.2 Å². The van der Waals surface area contributed by atoms with E-state index in [9.17, 15) is 9.18 Å². The van der Waals surface area contributed by atoms with Crippen LogP contribution in [0.1, 0.15) is 9.67 Å². The quantitative estimate of drug-likeness (QED) is 0.920. The van der Waals surface area contributed by atoms with Crippen LogP contribution in [0.3, 0.4) is 0 Å². The lowest BCUT2D eigenvalue weighted by molar-refractivity contribution is 0.0962. The van der Waals surface area contributed by atoms with Crippen LogP contribution in [-0.4, -0.2) is 12.5 Å². The summed E-state index contributed by atoms with van der Waals surface area (Å²) in [6.07, 6.45) is 0. The number of hydrogen-bond donors (Lipinski definition) is 1. The van der Waals surface area contributed by atoms with Gasteiger partial charge < -0.3 is 5.32 Å². The van der Waals surface area contributed by atoms with Crippen molar-refractivity contribution in [2.45, 2.75) is 0 Å². The SMILES string of the molecule is C=C(Br)CNC(=O)c1cc2c(F)cccc2s1. The van der Waals surface area contributed by atoms with Gasteiger partial charge >= 0.3 is 0 Å². The zero-order chi connectivity index (χ0) is 12.4. The van der Waals surface area contributed by atoms with E-state index in [0.29, 0.717) is 21.3 Å². The molecular weight excluding hydrogens is 305 g/mol. The molecule has 1 N–H and O–H groups in total. The zero-order valence-electron chi connectivity index (χ0n) is 8.80. The Bertz CT molecular complexity index is 593. The molecule has 0 atom stereocenters. The van der Waals surface area contributed by atoms with Gasteiger partial charge in [-0.3, -0.25) is 4.79 Å². The minimum Gasteiger partial charge on any atom is -0.347 e. The van der Waals surface area contributed by atoms with E-state index in [1.807, 2.05) is 0 Å². The van der Waals surface area contributed by atoms with E-state index in [4.69, 9.17) is 0 Å². The van der Waals surface area contributed by atoms with E-state index in [0.717, 1.165) is 4.70 Å². The Morgan fingerprint density at radius 2 is 2.29 bits per heavy atom. The summed E-state index contributed by atoms with van der Waals surface area (Å²) in [6.45, 7) is 3.98. The van der Waals surface area contributed by atoms with Crippen LogP contribution in [0.25, 0.3) is 10.1 Å². The fourth-order valence-corrected chi connectivity index (χ4v) is 2.53. The summed E-state index contributed by atoms with van der Waals surface area (Å²) in [6, 6.07) is 6.39. The Morgan fingerprint density at radius 3 is 2.94 bits per heavy atom. The van der Waals surface area contributed by atoms with Gasteiger partial charge in [0.25, 0.3) is 5.91 Å². The summed E-state index contributed by atoms with van der Waals surface area (Å²) >= 11 is 4.43. The number of fused-ring (bicyclic) bond motifs is 1. The van der Waals surface area contributed by atoms with E-state index in [2.05, 4.69) is 27.8 Å². The maximum atomic E-state index is 13.4. The highest BCUT2D eigenvalue weighted by atomic mass is 79.9. The Labute approximate surface area is 110 Å². The molecule has 88 valence electrons. The van der Waals surface area contributed by atoms with Crippen molar-refractivity contribution < 1.29 is 9.18 Å². The first-order chi connectivity index (χ1) is 8.08. The number of amides is 1. The van der Waals surface area contributed by atoms with Gasteiger partial charge in [0.05, 0.1) is 4.88 Å². The minimum absolute atomic E-state index is 0.216. The van der Waals surface area contributed by atoms with Gasteiger partial charge in [-0.25, -0.2) is 4.39 Å². The average Bonchev–Trinajstić information content (AvgIpc) is 2.71. The highest BCUT2D eigenvalue weighted by molar-refractivity contribution is 9.11. The highest BCUT2D eigenvalue weighted by Crippen LogP contribution is 2.27. The van der Waals surface area contributed by atoms with Gasteiger partial charge in [0, 0.05) is 21.1 Å². The van der Waals surface area contributed by atoms with Crippen LogP contribution in [0, 0.1) is 5.82 Å². The minimum atomic E-state index is -0.303. The van der Waals surface area contributed by atoms with Gasteiger partial charge in [-0.2, -0.15) is 0 Å². The largest absolute Gasteiger partial charge is 0.347 e. The molecule has 0 radical (unpaired) electrons. The normalized spacial score (nSPS) is 10.5. The fourth-order valence-electron chi connectivity index (χ4n) is 1.40. The van der Waals surface area contributed by atoms with Crippen LogP contribution in [0.4, 0.5) is 4.39 Å². The molecule has 0 saturated heterocycles. The van der Waals surface area contributed by atoms with E-state index in [-0.39, 0.29) is 11.7 Å². The second kappa shape index (κ2) is 4.98. The second-order valence-corrected chi connectivity index (χ2v) is 5.67. The molecule has 2 rings (SSSR count). The van der Waals surface area contributed by atoms with E-state index >= 15 is 0 Å². The standard InChI is InChI=1S/C12H9BrFNOS/c1-7(13)6-15-12(16)11-5-8-9(14)3-2-4-10(8)17-11/h2-5H,1,6H2,(H,15,16). The molecule has 2 aromatic rings. The smallest absolute Gasteiger partial charge is 0.261 e. The van der Waals surface area contributed by atoms with Crippen LogP contribution < -0.4 is 5.32 Å². The molecule has 1 amide bonds. The summed E-state index contributed by atoms with van der Waals surface area (Å²) in [7, 11) is 0. The molecule has 0 saturated carbocycles. The van der Waals surface area contributed by atoms with Crippen molar-refractivity contribution in [2.24, 2.45) is 0 Å². The van der Waals surface area contributed by atoms with Crippen LogP contribution in [0.15, 0.2) is 35.3 Å². The summed E-state index contributed by atoms with van der Waals surface area (Å²) < 4.78 is 14.9. The number of nitrogens with one attached hydrogen (secondary N) is 1. The molecule has 1 heterocycles. The second-order valence-electron chi connectivity index (χ2n) is 3.46. The molecule has 0 unspecified atom stereocenters. The number of benzene rings is 1. The van der Waals surface area contributed by atoms with Gasteiger partial charge in [0.1, 0.15) is 5.82 Å². The van der Waals surface area contributed by atoms with Crippen molar-refractivity contribution in [1.29, 1.82) is 0 Å². The molecule has 0 aliphatic rings. The van der Waals surface area contributed by atoms with Crippen LogP contribution >= 0.6 is 27.3 Å². The number of halogens is 2. The third kappa shape index (κ3) is 2.73. The lowest BCUT2D eigenvalue weighted by Crippen LogP contribution is -2.23. The number of carbonyl (C=O) groups excluding carboxylic acids is 1. The topological polar surface area (TPSA) is 29.1 Å². The fraction of sp³-hybridized carbons (Fsp3) is 0.0833. The van der Waals surface area contributed by atoms with E-state index in [1.165, 1.54) is 17.4 Å². The predicted molar refractivity (Wildman–Crippen MR) is 72.2 cm³/mol. The van der Waals surface area contributed by atoms with Crippen molar-refractivity contribution in [2.75, 3.05) is 6.54 Å². The van der Waals surface area contributed by atoms with Crippen molar-refractivity contribution >= 4 is 43.3 Å². The summed E-state index contributed by atoms with van der Waals surface area (Å²) in [4.78, 5) is 12.2. The molecule has 17 heavy (non-hydrogen) atoms. The average molecular weight is 314 g/mol. The van der Waals surface area contributed by atoms with Crippen molar-refractivity contribution in [3.05, 3.63) is 46.0 Å². The first-order valence-electron chi connectivity index (χ1n) is 4.87. The van der Waals surface area contributed by atoms with Gasteiger partial charge in [0.2, 0.25) is 0 Å². The molecule has 1 aromatic carbocycles. The van der Waals surface area contributed by atoms with Gasteiger partial charge in [-0.15, -0.1) is 11.3 Å². The third-order valence-electron chi connectivity index (χ3n) is 2.17. The summed E-state index contributed by atoms with van der Waals surface area (Å²) in [5.74, 6) is -0.520. The lowest BCUT2D eigenvalue weighted by Gasteiger charge is -2.00. The van der Waals surface area contributed by atoms with Crippen molar-refractivity contribution in [1.82, 2.24) is 5.32 Å². The molecular formula is C12H9BrFNOS. The number of thiophene rings is 1. The molecule has 0 fully saturated rings. The first-order valence-corrected chi connectivity index (χ1v) is 6.48.